The molecule has 1 aliphatic carbocycles. The Morgan fingerprint density at radius 1 is 1.17 bits per heavy atom. The van der Waals surface area contributed by atoms with E-state index < -0.39 is 0 Å². The number of carbonyl (C=O) groups is 1. The number of nitrogens with zero attached hydrogens (tertiary/aromatic N) is 1. The summed E-state index contributed by atoms with van der Waals surface area (Å²) in [5, 5.41) is 0. The van der Waals surface area contributed by atoms with Gasteiger partial charge in [-0.3, -0.25) is 4.79 Å². The van der Waals surface area contributed by atoms with Gasteiger partial charge in [-0.05, 0) is 31.6 Å². The Bertz CT molecular complexity index is 254. The van der Waals surface area contributed by atoms with Crippen molar-refractivity contribution in [2.75, 3.05) is 13.1 Å². The first-order valence-electron chi connectivity index (χ1n) is 7.31. The van der Waals surface area contributed by atoms with Crippen molar-refractivity contribution in [2.45, 2.75) is 63.8 Å². The van der Waals surface area contributed by atoms with Crippen LogP contribution in [-0.2, 0) is 4.79 Å². The minimum absolute atomic E-state index is 0. The van der Waals surface area contributed by atoms with Crippen molar-refractivity contribution >= 4 is 18.3 Å². The highest BCUT2D eigenvalue weighted by molar-refractivity contribution is 5.85. The molecule has 2 rings (SSSR count). The fourth-order valence-corrected chi connectivity index (χ4v) is 3.39. The Kier molecular flexibility index (Phi) is 7.02. The zero-order valence-corrected chi connectivity index (χ0v) is 12.1. The van der Waals surface area contributed by atoms with Crippen LogP contribution in [0.15, 0.2) is 0 Å². The zero-order chi connectivity index (χ0) is 12.1. The lowest BCUT2D eigenvalue weighted by atomic mass is 10.0. The number of halogens is 1. The SMILES string of the molecule is Cl.NCC1CCCN1C(=O)CCCC1CCCC1. The monoisotopic (exact) mass is 274 g/mol. The fourth-order valence-electron chi connectivity index (χ4n) is 3.39. The van der Waals surface area contributed by atoms with Gasteiger partial charge in [0.1, 0.15) is 0 Å². The molecule has 1 heterocycles. The molecule has 106 valence electrons. The van der Waals surface area contributed by atoms with Gasteiger partial charge in [0, 0.05) is 25.6 Å². The van der Waals surface area contributed by atoms with Crippen LogP contribution in [0.3, 0.4) is 0 Å². The molecule has 0 spiro atoms. The van der Waals surface area contributed by atoms with Gasteiger partial charge in [-0.15, -0.1) is 12.4 Å². The Hall–Kier alpha value is -0.280. The molecule has 1 atom stereocenters. The van der Waals surface area contributed by atoms with E-state index in [-0.39, 0.29) is 12.4 Å². The first kappa shape index (κ1) is 15.8. The predicted molar refractivity (Wildman–Crippen MR) is 76.8 cm³/mol. The summed E-state index contributed by atoms with van der Waals surface area (Å²) >= 11 is 0. The molecule has 2 aliphatic rings. The maximum atomic E-state index is 12.1. The van der Waals surface area contributed by atoms with E-state index in [1.807, 2.05) is 4.90 Å². The van der Waals surface area contributed by atoms with Crippen molar-refractivity contribution in [3.63, 3.8) is 0 Å². The van der Waals surface area contributed by atoms with Crippen molar-refractivity contribution in [1.82, 2.24) is 4.90 Å². The second-order valence-electron chi connectivity index (χ2n) is 5.66. The molecule has 0 aromatic rings. The van der Waals surface area contributed by atoms with Crippen molar-refractivity contribution in [1.29, 1.82) is 0 Å². The van der Waals surface area contributed by atoms with Gasteiger partial charge < -0.3 is 10.6 Å². The smallest absolute Gasteiger partial charge is 0.222 e. The summed E-state index contributed by atoms with van der Waals surface area (Å²) in [6.07, 6.45) is 10.9. The van der Waals surface area contributed by atoms with Crippen molar-refractivity contribution in [3.8, 4) is 0 Å². The van der Waals surface area contributed by atoms with Gasteiger partial charge in [-0.1, -0.05) is 25.7 Å². The molecule has 1 saturated heterocycles. The normalized spacial score (nSPS) is 24.3. The minimum Gasteiger partial charge on any atom is -0.338 e. The highest BCUT2D eigenvalue weighted by Crippen LogP contribution is 2.29. The molecule has 0 bridgehead atoms. The lowest BCUT2D eigenvalue weighted by molar-refractivity contribution is -0.132. The van der Waals surface area contributed by atoms with E-state index >= 15 is 0 Å². The van der Waals surface area contributed by atoms with Crippen LogP contribution in [0.5, 0.6) is 0 Å². The van der Waals surface area contributed by atoms with Crippen LogP contribution in [-0.4, -0.2) is 29.9 Å². The van der Waals surface area contributed by atoms with E-state index in [4.69, 9.17) is 5.73 Å². The van der Waals surface area contributed by atoms with Gasteiger partial charge in [0.2, 0.25) is 5.91 Å². The summed E-state index contributed by atoms with van der Waals surface area (Å²) in [7, 11) is 0. The summed E-state index contributed by atoms with van der Waals surface area (Å²) in [6.45, 7) is 1.57. The third-order valence-corrected chi connectivity index (χ3v) is 4.45. The van der Waals surface area contributed by atoms with Crippen LogP contribution < -0.4 is 5.73 Å². The van der Waals surface area contributed by atoms with Crippen LogP contribution in [0.25, 0.3) is 0 Å². The van der Waals surface area contributed by atoms with E-state index in [0.717, 1.165) is 38.1 Å². The van der Waals surface area contributed by atoms with Crippen molar-refractivity contribution < 1.29 is 4.79 Å². The molecule has 3 nitrogen and oxygen atoms in total. The third-order valence-electron chi connectivity index (χ3n) is 4.45. The number of carbonyl (C=O) groups excluding carboxylic acids is 1. The topological polar surface area (TPSA) is 46.3 Å². The maximum Gasteiger partial charge on any atom is 0.222 e. The molecule has 0 radical (unpaired) electrons. The third kappa shape index (κ3) is 4.13. The Morgan fingerprint density at radius 3 is 2.56 bits per heavy atom. The van der Waals surface area contributed by atoms with Gasteiger partial charge in [0.25, 0.3) is 0 Å². The molecule has 2 fully saturated rings. The average Bonchev–Trinajstić information content (AvgIpc) is 2.99. The quantitative estimate of drug-likeness (QED) is 0.838. The second-order valence-corrected chi connectivity index (χ2v) is 5.66. The van der Waals surface area contributed by atoms with E-state index in [0.29, 0.717) is 18.5 Å². The molecule has 18 heavy (non-hydrogen) atoms. The van der Waals surface area contributed by atoms with Crippen molar-refractivity contribution in [3.05, 3.63) is 0 Å². The predicted octanol–water partition coefficient (Wildman–Crippen LogP) is 2.72. The summed E-state index contributed by atoms with van der Waals surface area (Å²) in [6, 6.07) is 0.328. The molecule has 1 saturated carbocycles. The summed E-state index contributed by atoms with van der Waals surface area (Å²) in [4.78, 5) is 14.1. The number of amides is 1. The summed E-state index contributed by atoms with van der Waals surface area (Å²) in [5.41, 5.74) is 5.70. The number of rotatable bonds is 5. The summed E-state index contributed by atoms with van der Waals surface area (Å²) < 4.78 is 0. The molecule has 4 heteroatoms. The second kappa shape index (κ2) is 8.00. The molecular weight excluding hydrogens is 248 g/mol. The lowest BCUT2D eigenvalue weighted by Gasteiger charge is -2.23. The van der Waals surface area contributed by atoms with Gasteiger partial charge in [-0.25, -0.2) is 0 Å². The van der Waals surface area contributed by atoms with Gasteiger partial charge in [0.05, 0.1) is 0 Å². The Morgan fingerprint density at radius 2 is 1.89 bits per heavy atom. The summed E-state index contributed by atoms with van der Waals surface area (Å²) in [5.74, 6) is 1.25. The number of hydrogen-bond donors (Lipinski definition) is 1. The van der Waals surface area contributed by atoms with Crippen molar-refractivity contribution in [2.24, 2.45) is 11.7 Å². The molecule has 2 N–H and O–H groups in total. The number of nitrogens with two attached hydrogens (primary N) is 1. The average molecular weight is 275 g/mol. The lowest BCUT2D eigenvalue weighted by Crippen LogP contribution is -2.39. The molecule has 0 aromatic carbocycles. The van der Waals surface area contributed by atoms with Gasteiger partial charge >= 0.3 is 0 Å². The van der Waals surface area contributed by atoms with Gasteiger partial charge in [-0.2, -0.15) is 0 Å². The fraction of sp³-hybridized carbons (Fsp3) is 0.929. The van der Waals surface area contributed by atoms with Crippen LogP contribution in [0.1, 0.15) is 57.8 Å². The molecule has 1 unspecified atom stereocenters. The maximum absolute atomic E-state index is 12.1. The highest BCUT2D eigenvalue weighted by atomic mass is 35.5. The molecular formula is C14H27ClN2O. The molecule has 1 aliphatic heterocycles. The number of hydrogen-bond acceptors (Lipinski definition) is 2. The van der Waals surface area contributed by atoms with Gasteiger partial charge in [0.15, 0.2) is 0 Å². The van der Waals surface area contributed by atoms with E-state index in [1.54, 1.807) is 0 Å². The van der Waals surface area contributed by atoms with Crippen LogP contribution in [0, 0.1) is 5.92 Å². The standard InChI is InChI=1S/C14H26N2O.ClH/c15-11-13-8-4-10-16(13)14(17)9-3-7-12-5-1-2-6-12;/h12-13H,1-11,15H2;1H. The minimum atomic E-state index is 0. The van der Waals surface area contributed by atoms with Crippen LogP contribution >= 0.6 is 12.4 Å². The Labute approximate surface area is 117 Å². The molecule has 0 aromatic heterocycles. The molecule has 1 amide bonds. The van der Waals surface area contributed by atoms with E-state index in [9.17, 15) is 4.79 Å². The van der Waals surface area contributed by atoms with Crippen LogP contribution in [0.4, 0.5) is 0 Å². The first-order valence-corrected chi connectivity index (χ1v) is 7.31. The van der Waals surface area contributed by atoms with Crippen LogP contribution in [0.2, 0.25) is 0 Å². The van der Waals surface area contributed by atoms with E-state index in [1.165, 1.54) is 32.1 Å². The highest BCUT2D eigenvalue weighted by Gasteiger charge is 2.27. The van der Waals surface area contributed by atoms with E-state index in [2.05, 4.69) is 0 Å². The zero-order valence-electron chi connectivity index (χ0n) is 11.3. The largest absolute Gasteiger partial charge is 0.338 e. The number of likely N-dealkylation sites (tertiary alicyclic amines) is 1. The Balaban J connectivity index is 0.00000162. The first-order chi connectivity index (χ1) is 8.31.